The SMILES string of the molecule is Cc1cc(C)nc(N2CCC(CC(=O)N[C@@H](C)CCN3CCCCCC3)CC2)n1. The van der Waals surface area contributed by atoms with Gasteiger partial charge in [0.1, 0.15) is 0 Å². The molecule has 0 radical (unpaired) electrons. The van der Waals surface area contributed by atoms with Gasteiger partial charge < -0.3 is 15.1 Å². The highest BCUT2D eigenvalue weighted by atomic mass is 16.1. The van der Waals surface area contributed by atoms with Crippen LogP contribution in [0, 0.1) is 19.8 Å². The number of carbonyl (C=O) groups is 1. The van der Waals surface area contributed by atoms with E-state index < -0.39 is 0 Å². The number of aromatic nitrogens is 2. The molecule has 0 unspecified atom stereocenters. The number of nitrogens with one attached hydrogen (secondary N) is 1. The molecule has 2 aliphatic heterocycles. The largest absolute Gasteiger partial charge is 0.354 e. The molecule has 162 valence electrons. The standard InChI is InChI=1S/C23H39N5O/c1-18(8-13-27-11-6-4-5-7-12-27)24-22(29)17-21-9-14-28(15-10-21)23-25-19(2)16-20(3)26-23/h16,18,21H,4-15,17H2,1-3H3,(H,24,29)/t18-/m0/s1. The molecule has 2 fully saturated rings. The number of anilines is 1. The van der Waals surface area contributed by atoms with Crippen LogP contribution in [-0.2, 0) is 4.79 Å². The van der Waals surface area contributed by atoms with Crippen molar-refractivity contribution in [2.75, 3.05) is 37.6 Å². The average Bonchev–Trinajstić information content (AvgIpc) is 2.95. The fraction of sp³-hybridized carbons (Fsp3) is 0.783. The highest BCUT2D eigenvalue weighted by Crippen LogP contribution is 2.23. The number of piperidine rings is 1. The predicted octanol–water partition coefficient (Wildman–Crippen LogP) is 3.47. The summed E-state index contributed by atoms with van der Waals surface area (Å²) in [7, 11) is 0. The molecule has 1 amide bonds. The number of amides is 1. The summed E-state index contributed by atoms with van der Waals surface area (Å²) in [6.07, 6.45) is 9.16. The highest BCUT2D eigenvalue weighted by Gasteiger charge is 2.24. The molecule has 1 atom stereocenters. The van der Waals surface area contributed by atoms with E-state index in [1.54, 1.807) is 0 Å². The highest BCUT2D eigenvalue weighted by molar-refractivity contribution is 5.76. The maximum Gasteiger partial charge on any atom is 0.225 e. The number of rotatable bonds is 7. The molecule has 0 aliphatic carbocycles. The van der Waals surface area contributed by atoms with E-state index in [0.29, 0.717) is 12.3 Å². The summed E-state index contributed by atoms with van der Waals surface area (Å²) in [5.74, 6) is 1.52. The molecule has 2 aliphatic rings. The lowest BCUT2D eigenvalue weighted by Crippen LogP contribution is -2.39. The smallest absolute Gasteiger partial charge is 0.225 e. The van der Waals surface area contributed by atoms with E-state index in [2.05, 4.69) is 32.0 Å². The van der Waals surface area contributed by atoms with Gasteiger partial charge in [-0.15, -0.1) is 0 Å². The van der Waals surface area contributed by atoms with Gasteiger partial charge in [-0.25, -0.2) is 9.97 Å². The van der Waals surface area contributed by atoms with Crippen LogP contribution in [0.3, 0.4) is 0 Å². The second-order valence-electron chi connectivity index (χ2n) is 9.10. The Morgan fingerprint density at radius 2 is 1.69 bits per heavy atom. The Morgan fingerprint density at radius 3 is 2.31 bits per heavy atom. The van der Waals surface area contributed by atoms with Crippen LogP contribution >= 0.6 is 0 Å². The van der Waals surface area contributed by atoms with Crippen molar-refractivity contribution >= 4 is 11.9 Å². The van der Waals surface area contributed by atoms with Crippen LogP contribution < -0.4 is 10.2 Å². The Bertz CT molecular complexity index is 628. The maximum absolute atomic E-state index is 12.5. The molecule has 1 aromatic heterocycles. The molecule has 3 heterocycles. The fourth-order valence-electron chi connectivity index (χ4n) is 4.59. The van der Waals surface area contributed by atoms with Crippen LogP contribution in [0.25, 0.3) is 0 Å². The molecular weight excluding hydrogens is 362 g/mol. The number of aryl methyl sites for hydroxylation is 2. The van der Waals surface area contributed by atoms with Crippen LogP contribution in [0.5, 0.6) is 0 Å². The van der Waals surface area contributed by atoms with Crippen molar-refractivity contribution in [1.82, 2.24) is 20.2 Å². The van der Waals surface area contributed by atoms with E-state index in [1.165, 1.54) is 38.8 Å². The van der Waals surface area contributed by atoms with E-state index in [4.69, 9.17) is 0 Å². The minimum atomic E-state index is 0.217. The van der Waals surface area contributed by atoms with Crippen molar-refractivity contribution in [2.24, 2.45) is 5.92 Å². The van der Waals surface area contributed by atoms with Crippen molar-refractivity contribution in [2.45, 2.75) is 78.2 Å². The van der Waals surface area contributed by atoms with Gasteiger partial charge in [-0.05, 0) is 77.9 Å². The van der Waals surface area contributed by atoms with E-state index in [9.17, 15) is 4.79 Å². The first kappa shape index (κ1) is 22.0. The van der Waals surface area contributed by atoms with Gasteiger partial charge in [0.15, 0.2) is 0 Å². The van der Waals surface area contributed by atoms with Crippen LogP contribution in [0.2, 0.25) is 0 Å². The van der Waals surface area contributed by atoms with Gasteiger partial charge in [-0.2, -0.15) is 0 Å². The number of nitrogens with zero attached hydrogens (tertiary/aromatic N) is 4. The Balaban J connectivity index is 1.35. The second kappa shape index (κ2) is 10.9. The zero-order valence-corrected chi connectivity index (χ0v) is 18.6. The predicted molar refractivity (Wildman–Crippen MR) is 118 cm³/mol. The number of likely N-dealkylation sites (tertiary alicyclic amines) is 1. The van der Waals surface area contributed by atoms with E-state index >= 15 is 0 Å². The summed E-state index contributed by atoms with van der Waals surface area (Å²) >= 11 is 0. The molecule has 29 heavy (non-hydrogen) atoms. The Hall–Kier alpha value is -1.69. The fourth-order valence-corrected chi connectivity index (χ4v) is 4.59. The Labute approximate surface area is 176 Å². The third kappa shape index (κ3) is 7.25. The summed E-state index contributed by atoms with van der Waals surface area (Å²) in [4.78, 5) is 26.5. The molecule has 1 N–H and O–H groups in total. The van der Waals surface area contributed by atoms with Gasteiger partial charge in [0.2, 0.25) is 11.9 Å². The van der Waals surface area contributed by atoms with Crippen LogP contribution in [0.4, 0.5) is 5.95 Å². The second-order valence-corrected chi connectivity index (χ2v) is 9.10. The molecule has 0 spiro atoms. The van der Waals surface area contributed by atoms with Gasteiger partial charge in [0.05, 0.1) is 0 Å². The monoisotopic (exact) mass is 401 g/mol. The zero-order valence-electron chi connectivity index (χ0n) is 18.6. The van der Waals surface area contributed by atoms with Gasteiger partial charge in [-0.1, -0.05) is 12.8 Å². The summed E-state index contributed by atoms with van der Waals surface area (Å²) in [5, 5.41) is 3.24. The van der Waals surface area contributed by atoms with Crippen LogP contribution in [0.15, 0.2) is 6.07 Å². The first-order valence-corrected chi connectivity index (χ1v) is 11.6. The normalized spacial score (nSPS) is 20.3. The lowest BCUT2D eigenvalue weighted by Gasteiger charge is -2.32. The molecule has 6 nitrogen and oxygen atoms in total. The van der Waals surface area contributed by atoms with Gasteiger partial charge in [0.25, 0.3) is 0 Å². The van der Waals surface area contributed by atoms with Crippen LogP contribution in [-0.4, -0.2) is 59.5 Å². The first-order chi connectivity index (χ1) is 14.0. The minimum Gasteiger partial charge on any atom is -0.354 e. The van der Waals surface area contributed by atoms with Crippen molar-refractivity contribution < 1.29 is 4.79 Å². The molecule has 0 saturated carbocycles. The Morgan fingerprint density at radius 1 is 1.07 bits per heavy atom. The van der Waals surface area contributed by atoms with Gasteiger partial charge >= 0.3 is 0 Å². The number of carbonyl (C=O) groups excluding carboxylic acids is 1. The maximum atomic E-state index is 12.5. The van der Waals surface area contributed by atoms with E-state index in [-0.39, 0.29) is 11.9 Å². The van der Waals surface area contributed by atoms with Crippen molar-refractivity contribution in [1.29, 1.82) is 0 Å². The topological polar surface area (TPSA) is 61.4 Å². The molecular formula is C23H39N5O. The van der Waals surface area contributed by atoms with Gasteiger partial charge in [0, 0.05) is 43.5 Å². The molecule has 0 bridgehead atoms. The molecule has 6 heteroatoms. The van der Waals surface area contributed by atoms with Crippen molar-refractivity contribution in [3.05, 3.63) is 17.5 Å². The van der Waals surface area contributed by atoms with Crippen LogP contribution in [0.1, 0.15) is 69.7 Å². The minimum absolute atomic E-state index is 0.217. The molecule has 2 saturated heterocycles. The van der Waals surface area contributed by atoms with E-state index in [1.807, 2.05) is 19.9 Å². The quantitative estimate of drug-likeness (QED) is 0.758. The molecule has 1 aromatic rings. The Kier molecular flexibility index (Phi) is 8.28. The average molecular weight is 402 g/mol. The lowest BCUT2D eigenvalue weighted by atomic mass is 9.93. The van der Waals surface area contributed by atoms with E-state index in [0.717, 1.165) is 56.2 Å². The summed E-state index contributed by atoms with van der Waals surface area (Å²) < 4.78 is 0. The third-order valence-corrected chi connectivity index (χ3v) is 6.33. The van der Waals surface area contributed by atoms with Gasteiger partial charge in [-0.3, -0.25) is 4.79 Å². The van der Waals surface area contributed by atoms with Crippen molar-refractivity contribution in [3.63, 3.8) is 0 Å². The summed E-state index contributed by atoms with van der Waals surface area (Å²) in [5.41, 5.74) is 2.03. The van der Waals surface area contributed by atoms with Crippen molar-refractivity contribution in [3.8, 4) is 0 Å². The summed E-state index contributed by atoms with van der Waals surface area (Å²) in [6, 6.07) is 2.27. The first-order valence-electron chi connectivity index (χ1n) is 11.6. The third-order valence-electron chi connectivity index (χ3n) is 6.33. The molecule has 0 aromatic carbocycles. The zero-order chi connectivity index (χ0) is 20.6. The summed E-state index contributed by atoms with van der Waals surface area (Å²) in [6.45, 7) is 11.6. The number of hydrogen-bond donors (Lipinski definition) is 1. The molecule has 3 rings (SSSR count). The number of hydrogen-bond acceptors (Lipinski definition) is 5. The lowest BCUT2D eigenvalue weighted by molar-refractivity contribution is -0.122.